The van der Waals surface area contributed by atoms with Gasteiger partial charge in [-0.1, -0.05) is 330 Å². The van der Waals surface area contributed by atoms with E-state index in [4.69, 9.17) is 0 Å². The van der Waals surface area contributed by atoms with Crippen molar-refractivity contribution in [2.75, 3.05) is 52.4 Å². The Balaban J connectivity index is 2.43. The second-order valence-corrected chi connectivity index (χ2v) is 27.9. The monoisotopic (exact) mass is 1230 g/mol. The Morgan fingerprint density at radius 3 is 0.730 bits per heavy atom. The van der Waals surface area contributed by atoms with Crippen molar-refractivity contribution >= 4 is 0 Å². The van der Waals surface area contributed by atoms with Crippen molar-refractivity contribution < 1.29 is 0 Å². The van der Waals surface area contributed by atoms with Crippen LogP contribution in [-0.2, 0) is 0 Å². The van der Waals surface area contributed by atoms with Crippen LogP contribution >= 0.6 is 0 Å². The number of rotatable bonds is 71. The van der Waals surface area contributed by atoms with E-state index < -0.39 is 0 Å². The van der Waals surface area contributed by atoms with E-state index in [1.807, 2.05) is 0 Å². The molecule has 0 unspecified atom stereocenters. The highest BCUT2D eigenvalue weighted by molar-refractivity contribution is 4.95. The third-order valence-electron chi connectivity index (χ3n) is 19.4. The second-order valence-electron chi connectivity index (χ2n) is 27.9. The fraction of sp³-hybridized carbons (Fsp3) is 0.814. The molecule has 89 heavy (non-hydrogen) atoms. The number of unbranched alkanes of at least 4 members (excludes halogenated alkanes) is 36. The number of hydrogen-bond acceptors (Lipinski definition) is 3. The van der Waals surface area contributed by atoms with Crippen molar-refractivity contribution in [3.63, 3.8) is 0 Å². The molecule has 0 bridgehead atoms. The van der Waals surface area contributed by atoms with E-state index in [9.17, 15) is 0 Å². The zero-order valence-electron chi connectivity index (χ0n) is 61.0. The lowest BCUT2D eigenvalue weighted by Gasteiger charge is -2.35. The summed E-state index contributed by atoms with van der Waals surface area (Å²) in [5, 5.41) is 3.91. The van der Waals surface area contributed by atoms with Gasteiger partial charge in [-0.2, -0.15) is 0 Å². The predicted octanol–water partition coefficient (Wildman–Crippen LogP) is 27.8. The number of allylic oxidation sites excluding steroid dienone is 16. The van der Waals surface area contributed by atoms with Gasteiger partial charge in [0.1, 0.15) is 0 Å². The average molecular weight is 1240 g/mol. The maximum atomic E-state index is 3.91. The minimum Gasteiger partial charge on any atom is -0.315 e. The number of hydrogen-bond donors (Lipinski definition) is 1. The molecule has 0 atom stereocenters. The number of nitrogens with zero attached hydrogens (tertiary/aromatic N) is 2. The SMILES string of the molecule is CCCCC/C=C\C/C=C\CCCCCCCCC(CCCCCCCC/C=C\C/C=C\CCCCC)CCCNCCN1CCN(CCCC(CCCCCCCC/C=C\C/C=C\CCCCC)CCCCCCCC/C=C\C/C=C\CCCCC)CC1. The quantitative estimate of drug-likeness (QED) is 0.0484. The van der Waals surface area contributed by atoms with Crippen LogP contribution in [0.25, 0.3) is 0 Å². The summed E-state index contributed by atoms with van der Waals surface area (Å²) in [5.41, 5.74) is 0. The van der Waals surface area contributed by atoms with E-state index in [1.54, 1.807) is 0 Å². The molecule has 1 N–H and O–H groups in total. The molecule has 518 valence electrons. The van der Waals surface area contributed by atoms with Crippen molar-refractivity contribution in [2.24, 2.45) is 11.8 Å². The van der Waals surface area contributed by atoms with Gasteiger partial charge in [0.15, 0.2) is 0 Å². The summed E-state index contributed by atoms with van der Waals surface area (Å²) in [4.78, 5) is 5.57. The summed E-state index contributed by atoms with van der Waals surface area (Å²) in [6.07, 6.45) is 115. The molecule has 0 radical (unpaired) electrons. The third kappa shape index (κ3) is 67.0. The van der Waals surface area contributed by atoms with Crippen LogP contribution < -0.4 is 5.32 Å². The summed E-state index contributed by atoms with van der Waals surface area (Å²) in [6, 6.07) is 0. The lowest BCUT2D eigenvalue weighted by atomic mass is 9.90. The Kier molecular flexibility index (Phi) is 71.3. The first-order chi connectivity index (χ1) is 44.2. The van der Waals surface area contributed by atoms with Gasteiger partial charge in [0.25, 0.3) is 0 Å². The zero-order valence-corrected chi connectivity index (χ0v) is 61.0. The highest BCUT2D eigenvalue weighted by Crippen LogP contribution is 2.26. The fourth-order valence-corrected chi connectivity index (χ4v) is 13.3. The van der Waals surface area contributed by atoms with Gasteiger partial charge < -0.3 is 10.2 Å². The van der Waals surface area contributed by atoms with Gasteiger partial charge in [-0.15, -0.1) is 0 Å². The molecule has 0 aromatic rings. The smallest absolute Gasteiger partial charge is 0.0110 e. The topological polar surface area (TPSA) is 18.5 Å². The molecule has 3 nitrogen and oxygen atoms in total. The summed E-state index contributed by atoms with van der Waals surface area (Å²) in [5.74, 6) is 1.88. The fourth-order valence-electron chi connectivity index (χ4n) is 13.3. The van der Waals surface area contributed by atoms with E-state index in [0.717, 1.165) is 44.1 Å². The molecule has 1 rings (SSSR count). The average Bonchev–Trinajstić information content (AvgIpc) is 3.60. The summed E-state index contributed by atoms with van der Waals surface area (Å²) in [7, 11) is 0. The lowest BCUT2D eigenvalue weighted by Crippen LogP contribution is -2.48. The Morgan fingerprint density at radius 1 is 0.225 bits per heavy atom. The molecule has 1 heterocycles. The Hall–Kier alpha value is -2.20. The molecule has 0 amide bonds. The molecule has 0 aliphatic carbocycles. The standard InChI is InChI=1S/C86H159N3/c1-5-9-13-17-21-25-29-33-37-41-45-49-53-57-61-65-71-85(72-66-62-58-54-50-46-42-38-34-30-26-22-18-14-10-6-2)75-69-77-87-78-80-89-83-81-88(82-84-89)79-70-76-86(73-67-63-59-55-51-47-43-39-35-31-27-23-19-15-11-7-3)74-68-64-60-56-52-48-44-40-36-32-28-24-20-16-12-8-4/h21-28,33-40,85-87H,5-20,29-32,41-84H2,1-4H3/b25-21-,26-22-,27-23-,28-24-,37-33-,38-34-,39-35-,40-36-. The molecule has 0 aromatic carbocycles. The summed E-state index contributed by atoms with van der Waals surface area (Å²) >= 11 is 0. The van der Waals surface area contributed by atoms with Crippen molar-refractivity contribution in [1.29, 1.82) is 0 Å². The summed E-state index contributed by atoms with van der Waals surface area (Å²) in [6.45, 7) is 19.1. The Labute approximate surface area is 560 Å². The molecule has 0 saturated carbocycles. The van der Waals surface area contributed by atoms with Gasteiger partial charge in [0.2, 0.25) is 0 Å². The van der Waals surface area contributed by atoms with Crippen LogP contribution in [0.15, 0.2) is 97.2 Å². The number of nitrogens with one attached hydrogen (secondary N) is 1. The first-order valence-electron chi connectivity index (χ1n) is 40.6. The molecule has 0 aromatic heterocycles. The van der Waals surface area contributed by atoms with Crippen LogP contribution in [0.5, 0.6) is 0 Å². The van der Waals surface area contributed by atoms with Gasteiger partial charge in [-0.05, 0) is 179 Å². The lowest BCUT2D eigenvalue weighted by molar-refractivity contribution is 0.129. The highest BCUT2D eigenvalue weighted by atomic mass is 15.3. The Bertz CT molecular complexity index is 1490. The Morgan fingerprint density at radius 2 is 0.449 bits per heavy atom. The van der Waals surface area contributed by atoms with E-state index >= 15 is 0 Å². The second kappa shape index (κ2) is 74.8. The van der Waals surface area contributed by atoms with E-state index in [1.165, 1.54) is 380 Å². The first-order valence-corrected chi connectivity index (χ1v) is 40.6. The summed E-state index contributed by atoms with van der Waals surface area (Å²) < 4.78 is 0. The predicted molar refractivity (Wildman–Crippen MR) is 407 cm³/mol. The van der Waals surface area contributed by atoms with Gasteiger partial charge in [0, 0.05) is 39.3 Å². The van der Waals surface area contributed by atoms with Crippen LogP contribution in [0.3, 0.4) is 0 Å². The third-order valence-corrected chi connectivity index (χ3v) is 19.4. The molecule has 0 spiro atoms. The van der Waals surface area contributed by atoms with Crippen LogP contribution in [0, 0.1) is 11.8 Å². The van der Waals surface area contributed by atoms with Gasteiger partial charge in [-0.25, -0.2) is 0 Å². The van der Waals surface area contributed by atoms with Crippen LogP contribution in [-0.4, -0.2) is 62.2 Å². The molecular weight excluding hydrogens is 1070 g/mol. The van der Waals surface area contributed by atoms with Crippen molar-refractivity contribution in [3.8, 4) is 0 Å². The molecule has 1 aliphatic heterocycles. The molecule has 1 aliphatic rings. The molecule has 3 heteroatoms. The maximum absolute atomic E-state index is 3.91. The van der Waals surface area contributed by atoms with Crippen LogP contribution in [0.2, 0.25) is 0 Å². The van der Waals surface area contributed by atoms with Crippen LogP contribution in [0.4, 0.5) is 0 Å². The highest BCUT2D eigenvalue weighted by Gasteiger charge is 2.17. The van der Waals surface area contributed by atoms with Crippen molar-refractivity contribution in [2.45, 2.75) is 387 Å². The van der Waals surface area contributed by atoms with Crippen molar-refractivity contribution in [3.05, 3.63) is 97.2 Å². The van der Waals surface area contributed by atoms with E-state index in [2.05, 4.69) is 140 Å². The zero-order chi connectivity index (χ0) is 63.6. The first kappa shape index (κ1) is 84.8. The maximum Gasteiger partial charge on any atom is 0.0110 e. The minimum absolute atomic E-state index is 0.933. The van der Waals surface area contributed by atoms with Crippen LogP contribution in [0.1, 0.15) is 387 Å². The molecular formula is C86H159N3. The normalized spacial score (nSPS) is 14.1. The van der Waals surface area contributed by atoms with Gasteiger partial charge in [-0.3, -0.25) is 4.90 Å². The van der Waals surface area contributed by atoms with Gasteiger partial charge >= 0.3 is 0 Å². The molecule has 1 saturated heterocycles. The largest absolute Gasteiger partial charge is 0.315 e. The number of piperazine rings is 1. The van der Waals surface area contributed by atoms with Crippen molar-refractivity contribution in [1.82, 2.24) is 15.1 Å². The minimum atomic E-state index is 0.933. The van der Waals surface area contributed by atoms with Gasteiger partial charge in [0.05, 0.1) is 0 Å². The van der Waals surface area contributed by atoms with E-state index in [-0.39, 0.29) is 0 Å². The molecule has 1 fully saturated rings. The van der Waals surface area contributed by atoms with E-state index in [0.29, 0.717) is 0 Å².